The molecule has 0 unspecified atom stereocenters. The van der Waals surface area contributed by atoms with E-state index in [1.807, 2.05) is 6.08 Å². The van der Waals surface area contributed by atoms with Crippen LogP contribution in [0.5, 0.6) is 0 Å². The maximum absolute atomic E-state index is 6.20. The number of thiophene rings is 1. The van der Waals surface area contributed by atoms with Gasteiger partial charge in [0, 0.05) is 17.1 Å². The number of nitrogens with zero attached hydrogens (tertiary/aromatic N) is 2. The summed E-state index contributed by atoms with van der Waals surface area (Å²) in [6.45, 7) is 8.68. The van der Waals surface area contributed by atoms with Crippen LogP contribution >= 0.6 is 23.1 Å². The molecule has 0 bridgehead atoms. The van der Waals surface area contributed by atoms with Crippen molar-refractivity contribution in [3.8, 4) is 0 Å². The van der Waals surface area contributed by atoms with Gasteiger partial charge in [-0.05, 0) is 18.9 Å². The molecule has 3 rings (SSSR count). The highest BCUT2D eigenvalue weighted by atomic mass is 32.2. The van der Waals surface area contributed by atoms with Gasteiger partial charge in [0.2, 0.25) is 0 Å². The molecule has 1 aliphatic rings. The third-order valence-corrected chi connectivity index (χ3v) is 5.86. The fourth-order valence-corrected chi connectivity index (χ4v) is 4.26. The van der Waals surface area contributed by atoms with Crippen molar-refractivity contribution in [1.82, 2.24) is 9.97 Å². The van der Waals surface area contributed by atoms with E-state index in [0.29, 0.717) is 12.4 Å². The number of aromatic nitrogens is 2. The lowest BCUT2D eigenvalue weighted by Gasteiger charge is -2.33. The molecule has 4 nitrogen and oxygen atoms in total. The van der Waals surface area contributed by atoms with Gasteiger partial charge in [0.15, 0.2) is 5.16 Å². The first-order valence-corrected chi connectivity index (χ1v) is 8.82. The smallest absolute Gasteiger partial charge is 0.191 e. The van der Waals surface area contributed by atoms with Crippen molar-refractivity contribution in [1.29, 1.82) is 0 Å². The van der Waals surface area contributed by atoms with Gasteiger partial charge in [-0.15, -0.1) is 17.9 Å². The Kier molecular flexibility index (Phi) is 3.94. The van der Waals surface area contributed by atoms with E-state index in [-0.39, 0.29) is 5.60 Å². The summed E-state index contributed by atoms with van der Waals surface area (Å²) in [5.41, 5.74) is 7.38. The Balaban J connectivity index is 2.07. The SMILES string of the molecule is C=CCSc1nc(N)c2c3c(sc2n1)CO[C@@](C)(CC)C3. The number of anilines is 1. The maximum Gasteiger partial charge on any atom is 0.191 e. The van der Waals surface area contributed by atoms with Crippen molar-refractivity contribution in [2.24, 2.45) is 0 Å². The zero-order chi connectivity index (χ0) is 15.0. The van der Waals surface area contributed by atoms with E-state index < -0.39 is 0 Å². The molecule has 0 amide bonds. The highest BCUT2D eigenvalue weighted by Crippen LogP contribution is 2.41. The van der Waals surface area contributed by atoms with Crippen molar-refractivity contribution in [3.63, 3.8) is 0 Å². The van der Waals surface area contributed by atoms with Crippen LogP contribution in [0.25, 0.3) is 10.2 Å². The number of ether oxygens (including phenoxy) is 1. The summed E-state index contributed by atoms with van der Waals surface area (Å²) in [5, 5.41) is 1.75. The van der Waals surface area contributed by atoms with Crippen LogP contribution in [0.15, 0.2) is 17.8 Å². The molecule has 21 heavy (non-hydrogen) atoms. The van der Waals surface area contributed by atoms with Gasteiger partial charge in [0.1, 0.15) is 10.6 Å². The van der Waals surface area contributed by atoms with E-state index in [4.69, 9.17) is 10.5 Å². The normalized spacial score (nSPS) is 21.4. The van der Waals surface area contributed by atoms with Crippen molar-refractivity contribution in [2.45, 2.75) is 44.1 Å². The van der Waals surface area contributed by atoms with E-state index in [1.165, 1.54) is 10.4 Å². The second kappa shape index (κ2) is 5.59. The number of thioether (sulfide) groups is 1. The number of nitrogens with two attached hydrogens (primary N) is 1. The van der Waals surface area contributed by atoms with Crippen LogP contribution < -0.4 is 5.73 Å². The van der Waals surface area contributed by atoms with Crippen molar-refractivity contribution in [2.75, 3.05) is 11.5 Å². The van der Waals surface area contributed by atoms with Crippen LogP contribution in [0.1, 0.15) is 30.7 Å². The molecular weight excluding hydrogens is 302 g/mol. The number of fused-ring (bicyclic) bond motifs is 3. The van der Waals surface area contributed by atoms with E-state index in [9.17, 15) is 0 Å². The third-order valence-electron chi connectivity index (χ3n) is 3.92. The summed E-state index contributed by atoms with van der Waals surface area (Å²) >= 11 is 3.23. The first kappa shape index (κ1) is 14.8. The molecule has 6 heteroatoms. The first-order valence-electron chi connectivity index (χ1n) is 7.01. The Morgan fingerprint density at radius 2 is 2.33 bits per heavy atom. The molecule has 3 heterocycles. The molecule has 1 aliphatic heterocycles. The van der Waals surface area contributed by atoms with Crippen LogP contribution in [0.3, 0.4) is 0 Å². The van der Waals surface area contributed by atoms with Crippen LogP contribution in [-0.2, 0) is 17.8 Å². The summed E-state index contributed by atoms with van der Waals surface area (Å²) in [4.78, 5) is 11.3. The molecule has 1 atom stereocenters. The van der Waals surface area contributed by atoms with Gasteiger partial charge in [-0.25, -0.2) is 9.97 Å². The van der Waals surface area contributed by atoms with E-state index >= 15 is 0 Å². The monoisotopic (exact) mass is 321 g/mol. The summed E-state index contributed by atoms with van der Waals surface area (Å²) in [7, 11) is 0. The van der Waals surface area contributed by atoms with Gasteiger partial charge in [0.05, 0.1) is 17.6 Å². The predicted octanol–water partition coefficient (Wildman–Crippen LogP) is 3.79. The fourth-order valence-electron chi connectivity index (χ4n) is 2.50. The standard InChI is InChI=1S/C15H19N3OS2/c1-4-6-20-14-17-12(16)11-9-7-15(3,5-2)19-8-10(9)21-13(11)18-14/h4H,1,5-8H2,2-3H3,(H2,16,17,18)/t15-/m0/s1. The van der Waals surface area contributed by atoms with Crippen LogP contribution in [0, 0.1) is 0 Å². The molecule has 0 saturated heterocycles. The Bertz CT molecular complexity index is 698. The molecule has 0 aliphatic carbocycles. The minimum Gasteiger partial charge on any atom is -0.383 e. The van der Waals surface area contributed by atoms with Crippen LogP contribution in [-0.4, -0.2) is 21.3 Å². The molecule has 2 N–H and O–H groups in total. The topological polar surface area (TPSA) is 61.0 Å². The van der Waals surface area contributed by atoms with Gasteiger partial charge in [-0.1, -0.05) is 24.8 Å². The fraction of sp³-hybridized carbons (Fsp3) is 0.467. The number of rotatable bonds is 4. The quantitative estimate of drug-likeness (QED) is 0.527. The zero-order valence-electron chi connectivity index (χ0n) is 12.3. The number of nitrogen functional groups attached to an aromatic ring is 1. The lowest BCUT2D eigenvalue weighted by Crippen LogP contribution is -2.33. The van der Waals surface area contributed by atoms with E-state index in [1.54, 1.807) is 23.1 Å². The van der Waals surface area contributed by atoms with Crippen molar-refractivity contribution < 1.29 is 4.74 Å². The van der Waals surface area contributed by atoms with Crippen molar-refractivity contribution in [3.05, 3.63) is 23.1 Å². The van der Waals surface area contributed by atoms with Gasteiger partial charge in [-0.3, -0.25) is 0 Å². The van der Waals surface area contributed by atoms with Gasteiger partial charge in [-0.2, -0.15) is 0 Å². The minimum absolute atomic E-state index is 0.107. The molecule has 2 aromatic rings. The lowest BCUT2D eigenvalue weighted by atomic mass is 9.90. The molecule has 0 fully saturated rings. The largest absolute Gasteiger partial charge is 0.383 e. The van der Waals surface area contributed by atoms with Crippen LogP contribution in [0.4, 0.5) is 5.82 Å². The summed E-state index contributed by atoms with van der Waals surface area (Å²) in [6, 6.07) is 0. The van der Waals surface area contributed by atoms with Gasteiger partial charge in [0.25, 0.3) is 0 Å². The van der Waals surface area contributed by atoms with Gasteiger partial charge < -0.3 is 10.5 Å². The lowest BCUT2D eigenvalue weighted by molar-refractivity contribution is -0.0542. The third kappa shape index (κ3) is 2.67. The van der Waals surface area contributed by atoms with Crippen molar-refractivity contribution >= 4 is 39.1 Å². The Hall–Kier alpha value is -1.11. The first-order chi connectivity index (χ1) is 10.1. The van der Waals surface area contributed by atoms with Gasteiger partial charge >= 0.3 is 0 Å². The summed E-state index contributed by atoms with van der Waals surface area (Å²) in [5.74, 6) is 1.37. The summed E-state index contributed by atoms with van der Waals surface area (Å²) in [6.07, 6.45) is 3.71. The highest BCUT2D eigenvalue weighted by molar-refractivity contribution is 7.99. The maximum atomic E-state index is 6.20. The Morgan fingerprint density at radius 3 is 3.05 bits per heavy atom. The van der Waals surface area contributed by atoms with Crippen LogP contribution in [0.2, 0.25) is 0 Å². The highest BCUT2D eigenvalue weighted by Gasteiger charge is 2.32. The summed E-state index contributed by atoms with van der Waals surface area (Å²) < 4.78 is 6.01. The minimum atomic E-state index is -0.107. The Labute approximate surface area is 132 Å². The molecule has 0 radical (unpaired) electrons. The second-order valence-electron chi connectivity index (χ2n) is 5.44. The van der Waals surface area contributed by atoms with E-state index in [2.05, 4.69) is 30.4 Å². The number of hydrogen-bond acceptors (Lipinski definition) is 6. The molecule has 2 aromatic heterocycles. The predicted molar refractivity (Wildman–Crippen MR) is 89.9 cm³/mol. The average molecular weight is 321 g/mol. The second-order valence-corrected chi connectivity index (χ2v) is 7.51. The molecule has 0 saturated carbocycles. The molecular formula is C15H19N3OS2. The average Bonchev–Trinajstić information content (AvgIpc) is 2.83. The van der Waals surface area contributed by atoms with E-state index in [0.717, 1.165) is 34.0 Å². The zero-order valence-corrected chi connectivity index (χ0v) is 13.9. The molecule has 0 aromatic carbocycles. The molecule has 0 spiro atoms. The Morgan fingerprint density at radius 1 is 1.52 bits per heavy atom. The molecule has 112 valence electrons. The number of hydrogen-bond donors (Lipinski definition) is 1.